The highest BCUT2D eigenvalue weighted by atomic mass is 13.8. The zero-order valence-corrected chi connectivity index (χ0v) is 7.77. The number of aryl methyl sites for hydroxylation is 1. The van der Waals surface area contributed by atoms with Gasteiger partial charge in [-0.2, -0.15) is 0 Å². The minimum absolute atomic E-state index is 1.32. The largest absolute Gasteiger partial charge is 0.0622 e. The highest BCUT2D eigenvalue weighted by Crippen LogP contribution is 1.92. The van der Waals surface area contributed by atoms with Crippen LogP contribution in [0.4, 0.5) is 0 Å². The van der Waals surface area contributed by atoms with Crippen LogP contribution in [0.25, 0.3) is 0 Å². The molecular weight excluding hydrogens is 156 g/mol. The molecule has 0 bridgehead atoms. The highest BCUT2D eigenvalue weighted by Gasteiger charge is 1.72. The molecule has 0 heterocycles. The molecule has 0 heteroatoms. The molecule has 0 aliphatic rings. The maximum absolute atomic E-state index is 2.89. The van der Waals surface area contributed by atoms with Crippen molar-refractivity contribution in [3.05, 3.63) is 72.3 Å². The third-order valence-electron chi connectivity index (χ3n) is 1.55. The van der Waals surface area contributed by atoms with Gasteiger partial charge in [-0.3, -0.25) is 0 Å². The fourth-order valence-electron chi connectivity index (χ4n) is 0.876. The summed E-state index contributed by atoms with van der Waals surface area (Å²) in [6.07, 6.45) is 0. The maximum atomic E-state index is 2.89. The molecule has 0 amide bonds. The van der Waals surface area contributed by atoms with Crippen LogP contribution in [0.2, 0.25) is 0 Å². The lowest BCUT2D eigenvalue weighted by molar-refractivity contribution is 1.48. The van der Waals surface area contributed by atoms with Crippen LogP contribution in [0.1, 0.15) is 5.56 Å². The van der Waals surface area contributed by atoms with E-state index in [1.807, 2.05) is 48.5 Å². The van der Waals surface area contributed by atoms with Crippen LogP contribution in [0.5, 0.6) is 0 Å². The van der Waals surface area contributed by atoms with E-state index in [0.717, 1.165) is 0 Å². The normalized spacial score (nSPS) is 8.38. The van der Waals surface area contributed by atoms with Gasteiger partial charge in [-0.15, -0.1) is 0 Å². The SMILES string of the molecule is Cc1ccccc1.[c]1ccccc1. The average molecular weight is 169 g/mol. The summed E-state index contributed by atoms with van der Waals surface area (Å²) in [5, 5.41) is 0. The van der Waals surface area contributed by atoms with Crippen molar-refractivity contribution < 1.29 is 0 Å². The molecule has 0 saturated carbocycles. The van der Waals surface area contributed by atoms with Gasteiger partial charge in [0.2, 0.25) is 0 Å². The Hall–Kier alpha value is -1.56. The Balaban J connectivity index is 0.000000132. The first kappa shape index (κ1) is 9.53. The van der Waals surface area contributed by atoms with Crippen molar-refractivity contribution >= 4 is 0 Å². The monoisotopic (exact) mass is 169 g/mol. The summed E-state index contributed by atoms with van der Waals surface area (Å²) < 4.78 is 0. The Labute approximate surface area is 79.9 Å². The summed E-state index contributed by atoms with van der Waals surface area (Å²) in [6, 6.07) is 22.8. The fraction of sp³-hybridized carbons (Fsp3) is 0.0769. The van der Waals surface area contributed by atoms with Crippen molar-refractivity contribution in [2.24, 2.45) is 0 Å². The van der Waals surface area contributed by atoms with Crippen molar-refractivity contribution in [3.63, 3.8) is 0 Å². The maximum Gasteiger partial charge on any atom is -0.0184 e. The van der Waals surface area contributed by atoms with Gasteiger partial charge in [0.1, 0.15) is 0 Å². The van der Waals surface area contributed by atoms with Crippen LogP contribution in [0.15, 0.2) is 60.7 Å². The molecular formula is C13H13. The predicted molar refractivity (Wildman–Crippen MR) is 56.5 cm³/mol. The molecule has 0 unspecified atom stereocenters. The van der Waals surface area contributed by atoms with Crippen molar-refractivity contribution in [1.82, 2.24) is 0 Å². The van der Waals surface area contributed by atoms with E-state index >= 15 is 0 Å². The molecule has 0 N–H and O–H groups in total. The van der Waals surface area contributed by atoms with Crippen LogP contribution >= 0.6 is 0 Å². The number of hydrogen-bond acceptors (Lipinski definition) is 0. The van der Waals surface area contributed by atoms with Crippen LogP contribution in [-0.2, 0) is 0 Å². The van der Waals surface area contributed by atoms with Gasteiger partial charge in [-0.1, -0.05) is 66.2 Å². The lowest BCUT2D eigenvalue weighted by atomic mass is 10.2. The van der Waals surface area contributed by atoms with Gasteiger partial charge in [-0.05, 0) is 13.0 Å². The van der Waals surface area contributed by atoms with Crippen LogP contribution in [0, 0.1) is 13.0 Å². The molecule has 0 saturated heterocycles. The van der Waals surface area contributed by atoms with Crippen LogP contribution < -0.4 is 0 Å². The van der Waals surface area contributed by atoms with Gasteiger partial charge in [0, 0.05) is 0 Å². The van der Waals surface area contributed by atoms with Gasteiger partial charge >= 0.3 is 0 Å². The zero-order valence-electron chi connectivity index (χ0n) is 7.77. The lowest BCUT2D eigenvalue weighted by Crippen LogP contribution is -1.62. The van der Waals surface area contributed by atoms with E-state index in [-0.39, 0.29) is 0 Å². The molecule has 0 fully saturated rings. The van der Waals surface area contributed by atoms with Gasteiger partial charge in [-0.25, -0.2) is 0 Å². The Bertz CT molecular complexity index is 271. The highest BCUT2D eigenvalue weighted by molar-refractivity contribution is 5.11. The smallest absolute Gasteiger partial charge is 0.0184 e. The number of benzene rings is 2. The molecule has 13 heavy (non-hydrogen) atoms. The van der Waals surface area contributed by atoms with E-state index < -0.39 is 0 Å². The molecule has 1 radical (unpaired) electrons. The fourth-order valence-corrected chi connectivity index (χ4v) is 0.876. The molecule has 2 aromatic carbocycles. The topological polar surface area (TPSA) is 0 Å². The third kappa shape index (κ3) is 4.81. The molecule has 2 aromatic rings. The minimum Gasteiger partial charge on any atom is -0.0622 e. The summed E-state index contributed by atoms with van der Waals surface area (Å²) in [6.45, 7) is 2.08. The molecule has 65 valence electrons. The standard InChI is InChI=1S/C7H8.C6H5/c1-7-5-3-2-4-6-7;1-2-4-6-5-3-1/h2-6H,1H3;1-5H. The Morgan fingerprint density at radius 1 is 0.769 bits per heavy atom. The minimum atomic E-state index is 1.32. The summed E-state index contributed by atoms with van der Waals surface area (Å²) in [5.41, 5.74) is 1.32. The van der Waals surface area contributed by atoms with Crippen molar-refractivity contribution in [1.29, 1.82) is 0 Å². The van der Waals surface area contributed by atoms with Crippen LogP contribution in [0.3, 0.4) is 0 Å². The van der Waals surface area contributed by atoms with E-state index in [1.54, 1.807) is 0 Å². The Kier molecular flexibility index (Phi) is 4.41. The summed E-state index contributed by atoms with van der Waals surface area (Å²) in [7, 11) is 0. The molecule has 0 aromatic heterocycles. The zero-order chi connectivity index (χ0) is 9.36. The van der Waals surface area contributed by atoms with Crippen molar-refractivity contribution in [3.8, 4) is 0 Å². The third-order valence-corrected chi connectivity index (χ3v) is 1.55. The second-order valence-electron chi connectivity index (χ2n) is 2.73. The van der Waals surface area contributed by atoms with E-state index in [4.69, 9.17) is 0 Å². The second kappa shape index (κ2) is 6.01. The van der Waals surface area contributed by atoms with Gasteiger partial charge < -0.3 is 0 Å². The van der Waals surface area contributed by atoms with E-state index in [9.17, 15) is 0 Å². The average Bonchev–Trinajstić information content (AvgIpc) is 2.22. The van der Waals surface area contributed by atoms with Gasteiger partial charge in [0.05, 0.1) is 0 Å². The quantitative estimate of drug-likeness (QED) is 0.566. The summed E-state index contributed by atoms with van der Waals surface area (Å²) in [5.74, 6) is 0. The molecule has 0 aliphatic heterocycles. The first-order valence-corrected chi connectivity index (χ1v) is 4.32. The number of rotatable bonds is 0. The van der Waals surface area contributed by atoms with Crippen molar-refractivity contribution in [2.45, 2.75) is 6.92 Å². The summed E-state index contributed by atoms with van der Waals surface area (Å²) >= 11 is 0. The summed E-state index contributed by atoms with van der Waals surface area (Å²) in [4.78, 5) is 0. The van der Waals surface area contributed by atoms with Crippen molar-refractivity contribution in [2.75, 3.05) is 0 Å². The first-order valence-electron chi connectivity index (χ1n) is 4.32. The molecule has 0 aliphatic carbocycles. The second-order valence-corrected chi connectivity index (χ2v) is 2.73. The predicted octanol–water partition coefficient (Wildman–Crippen LogP) is 3.48. The van der Waals surface area contributed by atoms with Gasteiger partial charge in [0.15, 0.2) is 0 Å². The Morgan fingerprint density at radius 2 is 1.31 bits per heavy atom. The first-order chi connectivity index (χ1) is 6.39. The molecule has 0 atom stereocenters. The van der Waals surface area contributed by atoms with E-state index in [0.29, 0.717) is 0 Å². The lowest BCUT2D eigenvalue weighted by Gasteiger charge is -1.82. The molecule has 0 nitrogen and oxygen atoms in total. The Morgan fingerprint density at radius 3 is 1.54 bits per heavy atom. The van der Waals surface area contributed by atoms with Crippen LogP contribution in [-0.4, -0.2) is 0 Å². The number of hydrogen-bond donors (Lipinski definition) is 0. The van der Waals surface area contributed by atoms with E-state index in [1.165, 1.54) is 5.56 Å². The molecule has 0 spiro atoms. The van der Waals surface area contributed by atoms with E-state index in [2.05, 4.69) is 25.1 Å². The molecule has 2 rings (SSSR count). The van der Waals surface area contributed by atoms with Gasteiger partial charge in [0.25, 0.3) is 0 Å².